The molecule has 1 heterocycles. The first-order valence-corrected chi connectivity index (χ1v) is 7.65. The molecule has 17 heavy (non-hydrogen) atoms. The summed E-state index contributed by atoms with van der Waals surface area (Å²) in [7, 11) is 0. The lowest BCUT2D eigenvalue weighted by molar-refractivity contribution is 0.279. The van der Waals surface area contributed by atoms with Crippen molar-refractivity contribution in [3.8, 4) is 0 Å². The average molecular weight is 254 g/mol. The van der Waals surface area contributed by atoms with Crippen LogP contribution in [0.15, 0.2) is 17.5 Å². The van der Waals surface area contributed by atoms with Gasteiger partial charge in [-0.25, -0.2) is 0 Å². The molecule has 0 spiro atoms. The van der Waals surface area contributed by atoms with Crippen molar-refractivity contribution in [2.45, 2.75) is 39.7 Å². The fourth-order valence-electron chi connectivity index (χ4n) is 1.89. The quantitative estimate of drug-likeness (QED) is 0.725. The topological polar surface area (TPSA) is 15.3 Å². The molecule has 0 saturated heterocycles. The average Bonchev–Trinajstić information content (AvgIpc) is 2.87. The summed E-state index contributed by atoms with van der Waals surface area (Å²) in [4.78, 5) is 3.96. The van der Waals surface area contributed by atoms with Crippen molar-refractivity contribution in [3.63, 3.8) is 0 Å². The summed E-state index contributed by atoms with van der Waals surface area (Å²) < 4.78 is 0. The largest absolute Gasteiger partial charge is 0.308 e. The third-order valence-corrected chi connectivity index (χ3v) is 4.18. The van der Waals surface area contributed by atoms with E-state index >= 15 is 0 Å². The molecule has 0 aromatic carbocycles. The van der Waals surface area contributed by atoms with Crippen LogP contribution in [0, 0.1) is 0 Å². The number of likely N-dealkylation sites (N-methyl/N-ethyl adjacent to an activating group) is 1. The molecule has 98 valence electrons. The Balaban J connectivity index is 2.17. The lowest BCUT2D eigenvalue weighted by atomic mass is 10.2. The van der Waals surface area contributed by atoms with Crippen LogP contribution < -0.4 is 5.32 Å². The van der Waals surface area contributed by atoms with Crippen LogP contribution in [-0.4, -0.2) is 31.1 Å². The summed E-state index contributed by atoms with van der Waals surface area (Å²) in [6.07, 6.45) is 2.60. The summed E-state index contributed by atoms with van der Waals surface area (Å²) in [6, 6.07) is 4.81. The van der Waals surface area contributed by atoms with E-state index in [2.05, 4.69) is 48.5 Å². The number of rotatable bonds is 9. The van der Waals surface area contributed by atoms with Crippen LogP contribution in [0.2, 0.25) is 0 Å². The zero-order chi connectivity index (χ0) is 12.5. The van der Waals surface area contributed by atoms with E-state index in [9.17, 15) is 0 Å². The van der Waals surface area contributed by atoms with Gasteiger partial charge in [0.05, 0.1) is 0 Å². The second-order valence-electron chi connectivity index (χ2n) is 4.48. The second kappa shape index (κ2) is 8.67. The summed E-state index contributed by atoms with van der Waals surface area (Å²) >= 11 is 1.83. The van der Waals surface area contributed by atoms with E-state index in [1.165, 1.54) is 24.3 Å². The van der Waals surface area contributed by atoms with Gasteiger partial charge in [-0.1, -0.05) is 26.3 Å². The summed E-state index contributed by atoms with van der Waals surface area (Å²) in [5.74, 6) is 0. The van der Waals surface area contributed by atoms with E-state index in [4.69, 9.17) is 0 Å². The lowest BCUT2D eigenvalue weighted by Crippen LogP contribution is -2.33. The van der Waals surface area contributed by atoms with Crippen molar-refractivity contribution in [3.05, 3.63) is 22.4 Å². The zero-order valence-corrected chi connectivity index (χ0v) is 12.2. The molecular weight excluding hydrogens is 228 g/mol. The van der Waals surface area contributed by atoms with E-state index < -0.39 is 0 Å². The van der Waals surface area contributed by atoms with Crippen molar-refractivity contribution >= 4 is 11.3 Å². The van der Waals surface area contributed by atoms with Crippen molar-refractivity contribution in [1.29, 1.82) is 0 Å². The van der Waals surface area contributed by atoms with Crippen LogP contribution in [0.25, 0.3) is 0 Å². The van der Waals surface area contributed by atoms with Gasteiger partial charge < -0.3 is 10.2 Å². The summed E-state index contributed by atoms with van der Waals surface area (Å²) in [5.41, 5.74) is 0. The molecule has 1 rings (SSSR count). The Kier molecular flexibility index (Phi) is 7.49. The van der Waals surface area contributed by atoms with Crippen LogP contribution in [-0.2, 0) is 0 Å². The van der Waals surface area contributed by atoms with Gasteiger partial charge in [-0.05, 0) is 37.9 Å². The SMILES string of the molecule is CCCCN(CC)CCNC(C)c1cccs1. The minimum atomic E-state index is 0.486. The smallest absolute Gasteiger partial charge is 0.0386 e. The molecule has 1 aromatic heterocycles. The number of nitrogens with zero attached hydrogens (tertiary/aromatic N) is 1. The van der Waals surface area contributed by atoms with Crippen molar-refractivity contribution < 1.29 is 0 Å². The second-order valence-corrected chi connectivity index (χ2v) is 5.46. The fourth-order valence-corrected chi connectivity index (χ4v) is 2.65. The molecule has 0 saturated carbocycles. The first-order chi connectivity index (χ1) is 8.27. The molecule has 2 nitrogen and oxygen atoms in total. The Bertz CT molecular complexity index is 272. The van der Waals surface area contributed by atoms with E-state index in [0.29, 0.717) is 6.04 Å². The Morgan fingerprint density at radius 1 is 1.35 bits per heavy atom. The standard InChI is InChI=1S/C14H26N2S/c1-4-6-10-16(5-2)11-9-15-13(3)14-8-7-12-17-14/h7-8,12-13,15H,4-6,9-11H2,1-3H3. The first-order valence-electron chi connectivity index (χ1n) is 6.77. The molecule has 1 atom stereocenters. The van der Waals surface area contributed by atoms with Gasteiger partial charge in [0.2, 0.25) is 0 Å². The normalized spacial score (nSPS) is 13.2. The number of unbranched alkanes of at least 4 members (excludes halogenated alkanes) is 1. The molecular formula is C14H26N2S. The van der Waals surface area contributed by atoms with Crippen LogP contribution >= 0.6 is 11.3 Å². The highest BCUT2D eigenvalue weighted by Gasteiger charge is 2.06. The van der Waals surface area contributed by atoms with E-state index in [0.717, 1.165) is 19.6 Å². The van der Waals surface area contributed by atoms with Gasteiger partial charge >= 0.3 is 0 Å². The fraction of sp³-hybridized carbons (Fsp3) is 0.714. The van der Waals surface area contributed by atoms with Gasteiger partial charge in [0.1, 0.15) is 0 Å². The van der Waals surface area contributed by atoms with Crippen molar-refractivity contribution in [2.24, 2.45) is 0 Å². The predicted molar refractivity (Wildman–Crippen MR) is 77.8 cm³/mol. The Morgan fingerprint density at radius 2 is 2.18 bits per heavy atom. The minimum Gasteiger partial charge on any atom is -0.308 e. The van der Waals surface area contributed by atoms with Gasteiger partial charge in [0.15, 0.2) is 0 Å². The minimum absolute atomic E-state index is 0.486. The number of thiophene rings is 1. The van der Waals surface area contributed by atoms with Crippen molar-refractivity contribution in [2.75, 3.05) is 26.2 Å². The molecule has 0 fully saturated rings. The molecule has 0 bridgehead atoms. The van der Waals surface area contributed by atoms with E-state index in [1.54, 1.807) is 0 Å². The van der Waals surface area contributed by atoms with Gasteiger partial charge in [0, 0.05) is 24.0 Å². The van der Waals surface area contributed by atoms with Crippen LogP contribution in [0.1, 0.15) is 44.5 Å². The number of hydrogen-bond donors (Lipinski definition) is 1. The summed E-state index contributed by atoms with van der Waals surface area (Å²) in [5, 5.41) is 5.74. The maximum atomic E-state index is 3.59. The highest BCUT2D eigenvalue weighted by molar-refractivity contribution is 7.10. The van der Waals surface area contributed by atoms with Crippen LogP contribution in [0.5, 0.6) is 0 Å². The van der Waals surface area contributed by atoms with Gasteiger partial charge in [-0.3, -0.25) is 0 Å². The van der Waals surface area contributed by atoms with Gasteiger partial charge in [-0.2, -0.15) is 0 Å². The highest BCUT2D eigenvalue weighted by atomic mass is 32.1. The molecule has 3 heteroatoms. The third kappa shape index (κ3) is 5.66. The number of hydrogen-bond acceptors (Lipinski definition) is 3. The molecule has 0 radical (unpaired) electrons. The molecule has 1 aromatic rings. The van der Waals surface area contributed by atoms with Crippen molar-refractivity contribution in [1.82, 2.24) is 10.2 Å². The molecule has 1 N–H and O–H groups in total. The Morgan fingerprint density at radius 3 is 2.76 bits per heavy atom. The van der Waals surface area contributed by atoms with Crippen LogP contribution in [0.3, 0.4) is 0 Å². The molecule has 1 unspecified atom stereocenters. The number of nitrogens with one attached hydrogen (secondary N) is 1. The third-order valence-electron chi connectivity index (χ3n) is 3.12. The Hall–Kier alpha value is -0.380. The van der Waals surface area contributed by atoms with Gasteiger partial charge in [0.25, 0.3) is 0 Å². The van der Waals surface area contributed by atoms with Crippen LogP contribution in [0.4, 0.5) is 0 Å². The first kappa shape index (κ1) is 14.7. The monoisotopic (exact) mass is 254 g/mol. The lowest BCUT2D eigenvalue weighted by Gasteiger charge is -2.21. The highest BCUT2D eigenvalue weighted by Crippen LogP contribution is 2.17. The maximum absolute atomic E-state index is 3.59. The summed E-state index contributed by atoms with van der Waals surface area (Å²) in [6.45, 7) is 11.4. The van der Waals surface area contributed by atoms with E-state index in [1.807, 2.05) is 11.3 Å². The van der Waals surface area contributed by atoms with Gasteiger partial charge in [-0.15, -0.1) is 11.3 Å². The molecule has 0 amide bonds. The molecule has 0 aliphatic heterocycles. The predicted octanol–water partition coefficient (Wildman–Crippen LogP) is 3.52. The molecule has 0 aliphatic carbocycles. The molecule has 0 aliphatic rings. The van der Waals surface area contributed by atoms with E-state index in [-0.39, 0.29) is 0 Å². The maximum Gasteiger partial charge on any atom is 0.0386 e. The Labute approximate surface area is 110 Å². The zero-order valence-electron chi connectivity index (χ0n) is 11.4.